The standard InChI is InChI=1S/C48H32N2Si/c1-4-16-33(17-5-1)49-43-25-13-10-22-37(43)41-30-31-42-38-23-11-14-26-44(38)50(48(42)47(41)49)34-28-29-40-39-24-12-15-27-45(39)51(46(40)32-34,35-18-6-2-7-19-35)36-20-8-3-9-21-36/h1-32H. The fourth-order valence-corrected chi connectivity index (χ4v) is 14.4. The van der Waals surface area contributed by atoms with E-state index >= 15 is 0 Å². The first-order valence-corrected chi connectivity index (χ1v) is 19.7. The zero-order valence-corrected chi connectivity index (χ0v) is 28.9. The summed E-state index contributed by atoms with van der Waals surface area (Å²) in [5.41, 5.74) is 9.94. The number of nitrogens with zero attached hydrogens (tertiary/aromatic N) is 2. The van der Waals surface area contributed by atoms with Crippen molar-refractivity contribution in [2.45, 2.75) is 0 Å². The van der Waals surface area contributed by atoms with Gasteiger partial charge in [0, 0.05) is 32.9 Å². The van der Waals surface area contributed by atoms with Gasteiger partial charge in [-0.3, -0.25) is 0 Å². The normalized spacial score (nSPS) is 13.3. The number of rotatable bonds is 4. The molecule has 10 aromatic rings. The maximum absolute atomic E-state index is 2.67. The average Bonchev–Trinajstić information content (AvgIpc) is 3.83. The number of fused-ring (bicyclic) bond motifs is 10. The number of hydrogen-bond acceptors (Lipinski definition) is 0. The molecule has 0 unspecified atom stereocenters. The van der Waals surface area contributed by atoms with E-state index in [0.717, 1.165) is 5.69 Å². The van der Waals surface area contributed by atoms with Crippen LogP contribution in [0.1, 0.15) is 0 Å². The lowest BCUT2D eigenvalue weighted by Gasteiger charge is -2.31. The Morgan fingerprint density at radius 2 is 0.784 bits per heavy atom. The highest BCUT2D eigenvalue weighted by Gasteiger charge is 2.48. The molecule has 2 aromatic heterocycles. The van der Waals surface area contributed by atoms with Gasteiger partial charge in [-0.2, -0.15) is 0 Å². The van der Waals surface area contributed by atoms with Gasteiger partial charge >= 0.3 is 0 Å². The molecule has 0 amide bonds. The molecule has 0 spiro atoms. The smallest absolute Gasteiger partial charge is 0.180 e. The molecule has 0 atom stereocenters. The van der Waals surface area contributed by atoms with Crippen molar-refractivity contribution in [2.75, 3.05) is 0 Å². The van der Waals surface area contributed by atoms with Crippen LogP contribution in [0.2, 0.25) is 0 Å². The van der Waals surface area contributed by atoms with Gasteiger partial charge in [0.1, 0.15) is 0 Å². The van der Waals surface area contributed by atoms with Crippen LogP contribution in [0.25, 0.3) is 66.1 Å². The summed E-state index contributed by atoms with van der Waals surface area (Å²) in [6.45, 7) is 0. The van der Waals surface area contributed by atoms with Crippen molar-refractivity contribution in [2.24, 2.45) is 0 Å². The summed E-state index contributed by atoms with van der Waals surface area (Å²) >= 11 is 0. The van der Waals surface area contributed by atoms with E-state index in [0.29, 0.717) is 0 Å². The van der Waals surface area contributed by atoms with Crippen LogP contribution in [0.4, 0.5) is 0 Å². The molecule has 3 heteroatoms. The van der Waals surface area contributed by atoms with Gasteiger partial charge in [0.05, 0.1) is 22.1 Å². The Bertz CT molecular complexity index is 2920. The number of benzene rings is 8. The van der Waals surface area contributed by atoms with Crippen LogP contribution in [0.3, 0.4) is 0 Å². The lowest BCUT2D eigenvalue weighted by Crippen LogP contribution is -2.72. The summed E-state index contributed by atoms with van der Waals surface area (Å²) in [6, 6.07) is 72.3. The Balaban J connectivity index is 1.31. The molecular weight excluding hydrogens is 633 g/mol. The fourth-order valence-electron chi connectivity index (χ4n) is 9.19. The second-order valence-corrected chi connectivity index (χ2v) is 17.4. The van der Waals surface area contributed by atoms with Crippen molar-refractivity contribution in [3.05, 3.63) is 194 Å². The van der Waals surface area contributed by atoms with Crippen LogP contribution >= 0.6 is 0 Å². The van der Waals surface area contributed by atoms with Crippen LogP contribution in [-0.4, -0.2) is 17.2 Å². The Morgan fingerprint density at radius 3 is 1.39 bits per heavy atom. The third-order valence-electron chi connectivity index (χ3n) is 11.2. The molecule has 11 rings (SSSR count). The van der Waals surface area contributed by atoms with E-state index in [4.69, 9.17) is 0 Å². The highest BCUT2D eigenvalue weighted by atomic mass is 28.3. The van der Waals surface area contributed by atoms with Crippen molar-refractivity contribution < 1.29 is 0 Å². The molecule has 0 saturated heterocycles. The maximum Gasteiger partial charge on any atom is 0.180 e. The van der Waals surface area contributed by atoms with Crippen molar-refractivity contribution in [3.8, 4) is 22.5 Å². The van der Waals surface area contributed by atoms with Gasteiger partial charge in [-0.25, -0.2) is 0 Å². The zero-order chi connectivity index (χ0) is 33.5. The molecular formula is C48H32N2Si. The van der Waals surface area contributed by atoms with E-state index in [1.807, 2.05) is 0 Å². The molecule has 51 heavy (non-hydrogen) atoms. The van der Waals surface area contributed by atoms with Gasteiger partial charge in [0.15, 0.2) is 8.07 Å². The second kappa shape index (κ2) is 10.8. The monoisotopic (exact) mass is 664 g/mol. The molecule has 0 N–H and O–H groups in total. The molecule has 1 aliphatic rings. The second-order valence-electron chi connectivity index (χ2n) is 13.7. The Morgan fingerprint density at radius 1 is 0.314 bits per heavy atom. The van der Waals surface area contributed by atoms with Crippen molar-refractivity contribution >= 4 is 72.4 Å². The van der Waals surface area contributed by atoms with Crippen LogP contribution < -0.4 is 20.7 Å². The van der Waals surface area contributed by atoms with E-state index in [9.17, 15) is 0 Å². The first-order valence-electron chi connectivity index (χ1n) is 17.7. The molecule has 0 bridgehead atoms. The largest absolute Gasteiger partial charge is 0.307 e. The molecule has 0 saturated carbocycles. The van der Waals surface area contributed by atoms with Crippen LogP contribution in [-0.2, 0) is 0 Å². The minimum absolute atomic E-state index is 1.16. The topological polar surface area (TPSA) is 9.86 Å². The third kappa shape index (κ3) is 3.81. The van der Waals surface area contributed by atoms with Crippen molar-refractivity contribution in [1.29, 1.82) is 0 Å². The van der Waals surface area contributed by atoms with E-state index in [1.165, 1.54) is 81.2 Å². The summed E-state index contributed by atoms with van der Waals surface area (Å²) < 4.78 is 5.02. The summed E-state index contributed by atoms with van der Waals surface area (Å²) in [5.74, 6) is 0. The van der Waals surface area contributed by atoms with Crippen LogP contribution in [0, 0.1) is 0 Å². The van der Waals surface area contributed by atoms with Gasteiger partial charge in [0.2, 0.25) is 0 Å². The summed E-state index contributed by atoms with van der Waals surface area (Å²) in [4.78, 5) is 0. The van der Waals surface area contributed by atoms with Gasteiger partial charge in [-0.05, 0) is 68.3 Å². The van der Waals surface area contributed by atoms with Crippen molar-refractivity contribution in [3.63, 3.8) is 0 Å². The Labute approximate surface area is 297 Å². The Hall–Kier alpha value is -6.42. The van der Waals surface area contributed by atoms with E-state index in [2.05, 4.69) is 203 Å². The molecule has 1 aliphatic heterocycles. The fraction of sp³-hybridized carbons (Fsp3) is 0. The SMILES string of the molecule is c1ccc(-n2c3ccccc3c3ccc4c5ccccc5n(-c5ccc6c(c5)[Si](c5ccccc5)(c5ccccc5)c5ccccc5-6)c4c32)cc1. The van der Waals surface area contributed by atoms with Crippen molar-refractivity contribution in [1.82, 2.24) is 9.13 Å². The van der Waals surface area contributed by atoms with Gasteiger partial charge in [-0.15, -0.1) is 0 Å². The predicted molar refractivity (Wildman–Crippen MR) is 218 cm³/mol. The molecule has 3 heterocycles. The first-order chi connectivity index (χ1) is 25.3. The summed E-state index contributed by atoms with van der Waals surface area (Å²) in [5, 5.41) is 10.8. The molecule has 2 nitrogen and oxygen atoms in total. The maximum atomic E-state index is 2.55. The number of aromatic nitrogens is 2. The lowest BCUT2D eigenvalue weighted by atomic mass is 10.1. The quantitative estimate of drug-likeness (QED) is 0.166. The van der Waals surface area contributed by atoms with E-state index in [1.54, 1.807) is 0 Å². The van der Waals surface area contributed by atoms with Gasteiger partial charge < -0.3 is 9.13 Å². The Kier molecular flexibility index (Phi) is 6.01. The number of hydrogen-bond donors (Lipinski definition) is 0. The van der Waals surface area contributed by atoms with Crippen LogP contribution in [0.15, 0.2) is 194 Å². The van der Waals surface area contributed by atoms with E-state index in [-0.39, 0.29) is 0 Å². The van der Waals surface area contributed by atoms with Gasteiger partial charge in [-0.1, -0.05) is 158 Å². The number of para-hydroxylation sites is 3. The molecule has 0 fully saturated rings. The molecule has 238 valence electrons. The highest BCUT2D eigenvalue weighted by Crippen LogP contribution is 2.42. The van der Waals surface area contributed by atoms with E-state index < -0.39 is 8.07 Å². The highest BCUT2D eigenvalue weighted by molar-refractivity contribution is 7.22. The summed E-state index contributed by atoms with van der Waals surface area (Å²) in [6.07, 6.45) is 0. The zero-order valence-electron chi connectivity index (χ0n) is 27.9. The third-order valence-corrected chi connectivity index (χ3v) is 16.0. The van der Waals surface area contributed by atoms with Gasteiger partial charge in [0.25, 0.3) is 0 Å². The first kappa shape index (κ1) is 28.4. The molecule has 0 aliphatic carbocycles. The molecule has 8 aromatic carbocycles. The molecule has 0 radical (unpaired) electrons. The van der Waals surface area contributed by atoms with Crippen LogP contribution in [0.5, 0.6) is 0 Å². The summed E-state index contributed by atoms with van der Waals surface area (Å²) in [7, 11) is -2.67. The minimum atomic E-state index is -2.67. The minimum Gasteiger partial charge on any atom is -0.307 e. The average molecular weight is 665 g/mol. The lowest BCUT2D eigenvalue weighted by molar-refractivity contribution is 1.15. The predicted octanol–water partition coefficient (Wildman–Crippen LogP) is 9.24.